The van der Waals surface area contributed by atoms with Crippen molar-refractivity contribution in [2.24, 2.45) is 5.92 Å². The Bertz CT molecular complexity index is 1650. The lowest BCUT2D eigenvalue weighted by molar-refractivity contribution is -0.148. The van der Waals surface area contributed by atoms with Crippen molar-refractivity contribution in [1.82, 2.24) is 4.90 Å². The molecule has 3 aromatic carbocycles. The van der Waals surface area contributed by atoms with Crippen molar-refractivity contribution in [3.05, 3.63) is 123 Å². The van der Waals surface area contributed by atoms with E-state index >= 15 is 0 Å². The van der Waals surface area contributed by atoms with Crippen LogP contribution in [0.15, 0.2) is 90.3 Å². The van der Waals surface area contributed by atoms with E-state index in [1.54, 1.807) is 60.0 Å². The molecule has 0 saturated carbocycles. The molecule has 0 radical (unpaired) electrons. The second-order valence-corrected chi connectivity index (χ2v) is 11.2. The van der Waals surface area contributed by atoms with Crippen molar-refractivity contribution in [3.8, 4) is 6.07 Å². The standard InChI is InChI=1S/C31H23ClFN3O4S/c1-31(29(38)39)26(24-6-3-15-41-24)25(28(37)20-4-2-5-21(32)16-20)27(19-9-7-18(17-34)8-10-19)36(31)30(40)35-23-13-11-22(33)12-14-23/h2-16,25-27H,1H3,(H,35,40)(H,38,39). The largest absolute Gasteiger partial charge is 0.479 e. The van der Waals surface area contributed by atoms with Crippen LogP contribution in [0, 0.1) is 23.1 Å². The van der Waals surface area contributed by atoms with E-state index in [-0.39, 0.29) is 17.0 Å². The van der Waals surface area contributed by atoms with E-state index in [1.165, 1.54) is 53.5 Å². The molecule has 2 heterocycles. The molecule has 1 aliphatic heterocycles. The quantitative estimate of drug-likeness (QED) is 0.233. The van der Waals surface area contributed by atoms with Crippen LogP contribution in [0.5, 0.6) is 0 Å². The van der Waals surface area contributed by atoms with Crippen LogP contribution in [0.1, 0.15) is 45.2 Å². The monoisotopic (exact) mass is 587 g/mol. The molecule has 4 unspecified atom stereocenters. The van der Waals surface area contributed by atoms with Gasteiger partial charge in [0.05, 0.1) is 23.6 Å². The Balaban J connectivity index is 1.75. The molecule has 2 N–H and O–H groups in total. The number of halogens is 2. The first-order valence-electron chi connectivity index (χ1n) is 12.6. The first kappa shape index (κ1) is 28.0. The van der Waals surface area contributed by atoms with Crippen LogP contribution < -0.4 is 5.32 Å². The summed E-state index contributed by atoms with van der Waals surface area (Å²) in [5.41, 5.74) is -0.532. The highest BCUT2D eigenvalue weighted by Gasteiger charge is 2.65. The van der Waals surface area contributed by atoms with Crippen LogP contribution in [0.2, 0.25) is 5.02 Å². The number of anilines is 1. The minimum absolute atomic E-state index is 0.250. The Morgan fingerprint density at radius 3 is 2.34 bits per heavy atom. The van der Waals surface area contributed by atoms with Crippen molar-refractivity contribution in [1.29, 1.82) is 5.26 Å². The number of Topliss-reactive ketones (excluding diaryl/α,β-unsaturated/α-hetero) is 1. The number of urea groups is 1. The number of nitrogens with one attached hydrogen (secondary N) is 1. The van der Waals surface area contributed by atoms with Crippen LogP contribution in [0.25, 0.3) is 0 Å². The highest BCUT2D eigenvalue weighted by Crippen LogP contribution is 2.57. The minimum atomic E-state index is -1.90. The number of carboxylic acids is 1. The van der Waals surface area contributed by atoms with E-state index in [0.717, 1.165) is 0 Å². The van der Waals surface area contributed by atoms with Crippen molar-refractivity contribution >= 4 is 46.4 Å². The number of aliphatic carboxylic acids is 1. The number of amides is 2. The molecule has 7 nitrogen and oxygen atoms in total. The van der Waals surface area contributed by atoms with E-state index in [1.807, 2.05) is 0 Å². The first-order chi connectivity index (χ1) is 19.6. The Kier molecular flexibility index (Phi) is 7.63. The molecule has 10 heteroatoms. The zero-order chi connectivity index (χ0) is 29.3. The van der Waals surface area contributed by atoms with Crippen molar-refractivity contribution in [2.45, 2.75) is 24.4 Å². The fraction of sp³-hybridized carbons (Fsp3) is 0.161. The normalized spacial score (nSPS) is 21.7. The summed E-state index contributed by atoms with van der Waals surface area (Å²) in [5.74, 6) is -4.18. The predicted molar refractivity (Wildman–Crippen MR) is 154 cm³/mol. The number of likely N-dealkylation sites (tertiary alicyclic amines) is 1. The lowest BCUT2D eigenvalue weighted by atomic mass is 9.74. The molecular weight excluding hydrogens is 565 g/mol. The van der Waals surface area contributed by atoms with Gasteiger partial charge in [-0.2, -0.15) is 5.26 Å². The average Bonchev–Trinajstić information content (AvgIpc) is 3.58. The van der Waals surface area contributed by atoms with Crippen LogP contribution in [-0.2, 0) is 4.79 Å². The van der Waals surface area contributed by atoms with Crippen molar-refractivity contribution in [3.63, 3.8) is 0 Å². The topological polar surface area (TPSA) is 110 Å². The van der Waals surface area contributed by atoms with Gasteiger partial charge >= 0.3 is 12.0 Å². The SMILES string of the molecule is CC1(C(=O)O)C(c2cccs2)C(C(=O)c2cccc(Cl)c2)C(c2ccc(C#N)cc2)N1C(=O)Nc1ccc(F)cc1. The van der Waals surface area contributed by atoms with Gasteiger partial charge in [0.25, 0.3) is 0 Å². The fourth-order valence-electron chi connectivity index (χ4n) is 5.58. The summed E-state index contributed by atoms with van der Waals surface area (Å²) in [6.45, 7) is 1.44. The minimum Gasteiger partial charge on any atom is -0.479 e. The Morgan fingerprint density at radius 1 is 1.05 bits per heavy atom. The fourth-order valence-corrected chi connectivity index (χ4v) is 6.77. The third-order valence-corrected chi connectivity index (χ3v) is 8.66. The van der Waals surface area contributed by atoms with Gasteiger partial charge < -0.3 is 10.4 Å². The number of nitrogens with zero attached hydrogens (tertiary/aromatic N) is 2. The van der Waals surface area contributed by atoms with Gasteiger partial charge in [-0.05, 0) is 72.5 Å². The maximum Gasteiger partial charge on any atom is 0.330 e. The number of thiophene rings is 1. The molecule has 0 bridgehead atoms. The number of carboxylic acid groups (broad SMARTS) is 1. The van der Waals surface area contributed by atoms with Gasteiger partial charge in [-0.3, -0.25) is 9.69 Å². The second-order valence-electron chi connectivity index (χ2n) is 9.83. The number of nitriles is 1. The van der Waals surface area contributed by atoms with Gasteiger partial charge in [-0.25, -0.2) is 14.0 Å². The molecule has 1 aromatic heterocycles. The molecule has 4 aromatic rings. The van der Waals surface area contributed by atoms with Gasteiger partial charge in [-0.1, -0.05) is 41.9 Å². The molecule has 5 rings (SSSR count). The highest BCUT2D eigenvalue weighted by atomic mass is 35.5. The number of hydrogen-bond acceptors (Lipinski definition) is 5. The number of ketones is 1. The highest BCUT2D eigenvalue weighted by molar-refractivity contribution is 7.10. The van der Waals surface area contributed by atoms with E-state index in [2.05, 4.69) is 11.4 Å². The van der Waals surface area contributed by atoms with Crippen LogP contribution in [0.4, 0.5) is 14.9 Å². The Labute approximate surface area is 244 Å². The Morgan fingerprint density at radius 2 is 1.76 bits per heavy atom. The molecular formula is C31H23ClFN3O4S. The van der Waals surface area contributed by atoms with Gasteiger partial charge in [0, 0.05) is 27.1 Å². The van der Waals surface area contributed by atoms with Gasteiger partial charge in [0.15, 0.2) is 5.78 Å². The maximum absolute atomic E-state index is 14.4. The van der Waals surface area contributed by atoms with E-state index in [4.69, 9.17) is 11.6 Å². The van der Waals surface area contributed by atoms with Crippen LogP contribution >= 0.6 is 22.9 Å². The average molecular weight is 588 g/mol. The first-order valence-corrected chi connectivity index (χ1v) is 13.8. The lowest BCUT2D eigenvalue weighted by Gasteiger charge is -2.37. The second kappa shape index (κ2) is 11.2. The number of hydrogen-bond donors (Lipinski definition) is 2. The molecule has 41 heavy (non-hydrogen) atoms. The zero-order valence-corrected chi connectivity index (χ0v) is 23.2. The molecule has 1 saturated heterocycles. The number of rotatable bonds is 6. The summed E-state index contributed by atoms with van der Waals surface area (Å²) in [4.78, 5) is 43.5. The zero-order valence-electron chi connectivity index (χ0n) is 21.6. The summed E-state index contributed by atoms with van der Waals surface area (Å²) in [6.07, 6.45) is 0. The van der Waals surface area contributed by atoms with Gasteiger partial charge in [-0.15, -0.1) is 11.3 Å². The van der Waals surface area contributed by atoms with Gasteiger partial charge in [0.2, 0.25) is 0 Å². The molecule has 206 valence electrons. The predicted octanol–water partition coefficient (Wildman–Crippen LogP) is 7.13. The van der Waals surface area contributed by atoms with Crippen molar-refractivity contribution < 1.29 is 23.9 Å². The maximum atomic E-state index is 14.4. The van der Waals surface area contributed by atoms with Crippen LogP contribution in [0.3, 0.4) is 0 Å². The lowest BCUT2D eigenvalue weighted by Crippen LogP contribution is -2.55. The summed E-state index contributed by atoms with van der Waals surface area (Å²) in [6, 6.07) is 21.6. The molecule has 4 atom stereocenters. The summed E-state index contributed by atoms with van der Waals surface area (Å²) < 4.78 is 13.6. The van der Waals surface area contributed by atoms with E-state index in [0.29, 0.717) is 21.0 Å². The molecule has 0 spiro atoms. The van der Waals surface area contributed by atoms with Gasteiger partial charge in [0.1, 0.15) is 11.4 Å². The molecule has 1 aliphatic rings. The molecule has 2 amide bonds. The number of carbonyl (C=O) groups excluding carboxylic acids is 2. The summed E-state index contributed by atoms with van der Waals surface area (Å²) in [7, 11) is 0. The smallest absolute Gasteiger partial charge is 0.330 e. The third kappa shape index (κ3) is 5.08. The molecule has 0 aliphatic carbocycles. The summed E-state index contributed by atoms with van der Waals surface area (Å²) >= 11 is 7.53. The molecule has 1 fully saturated rings. The Hall–Kier alpha value is -4.52. The third-order valence-electron chi connectivity index (χ3n) is 7.47. The number of benzene rings is 3. The van der Waals surface area contributed by atoms with E-state index < -0.39 is 41.2 Å². The van der Waals surface area contributed by atoms with Crippen LogP contribution in [-0.4, -0.2) is 33.3 Å². The number of carbonyl (C=O) groups is 3. The van der Waals surface area contributed by atoms with Crippen molar-refractivity contribution in [2.75, 3.05) is 5.32 Å². The van der Waals surface area contributed by atoms with E-state index in [9.17, 15) is 29.1 Å². The summed E-state index contributed by atoms with van der Waals surface area (Å²) in [5, 5.41) is 25.0.